The van der Waals surface area contributed by atoms with Crippen molar-refractivity contribution < 1.29 is 9.18 Å². The molecule has 0 aliphatic carbocycles. The third kappa shape index (κ3) is 4.38. The lowest BCUT2D eigenvalue weighted by Crippen LogP contribution is -2.30. The summed E-state index contributed by atoms with van der Waals surface area (Å²) in [5, 5.41) is 2.92. The van der Waals surface area contributed by atoms with Crippen molar-refractivity contribution in [3.05, 3.63) is 101 Å². The molecule has 144 valence electrons. The van der Waals surface area contributed by atoms with E-state index in [-0.39, 0.29) is 11.7 Å². The van der Waals surface area contributed by atoms with E-state index in [0.717, 1.165) is 22.0 Å². The van der Waals surface area contributed by atoms with Crippen LogP contribution in [-0.2, 0) is 6.54 Å². The Bertz CT molecular complexity index is 1110. The topological polar surface area (TPSA) is 46.1 Å². The average Bonchev–Trinajstić information content (AvgIpc) is 3.19. The van der Waals surface area contributed by atoms with Crippen LogP contribution in [0.5, 0.6) is 0 Å². The van der Waals surface area contributed by atoms with Crippen LogP contribution >= 0.6 is 11.3 Å². The Morgan fingerprint density at radius 3 is 2.41 bits per heavy atom. The van der Waals surface area contributed by atoms with E-state index in [1.54, 1.807) is 46.7 Å². The first-order valence-electron chi connectivity index (χ1n) is 9.10. The highest BCUT2D eigenvalue weighted by Gasteiger charge is 2.19. The number of anilines is 1. The molecule has 6 heteroatoms. The van der Waals surface area contributed by atoms with Gasteiger partial charge < -0.3 is 4.90 Å². The predicted octanol–water partition coefficient (Wildman–Crippen LogP) is 5.50. The van der Waals surface area contributed by atoms with Gasteiger partial charge in [-0.2, -0.15) is 0 Å². The molecule has 4 rings (SSSR count). The molecule has 0 aliphatic rings. The Morgan fingerprint density at radius 1 is 1.03 bits per heavy atom. The van der Waals surface area contributed by atoms with E-state index in [0.29, 0.717) is 17.8 Å². The Kier molecular flexibility index (Phi) is 5.44. The number of pyridine rings is 1. The number of hydrogen-bond donors (Lipinski definition) is 0. The molecule has 0 unspecified atom stereocenters. The first-order valence-corrected chi connectivity index (χ1v) is 9.98. The normalized spacial score (nSPS) is 10.7. The van der Waals surface area contributed by atoms with Crippen LogP contribution in [0.1, 0.15) is 21.7 Å². The van der Waals surface area contributed by atoms with E-state index in [1.165, 1.54) is 12.1 Å². The van der Waals surface area contributed by atoms with Gasteiger partial charge in [-0.1, -0.05) is 18.2 Å². The zero-order chi connectivity index (χ0) is 20.2. The minimum atomic E-state index is -0.345. The number of aromatic nitrogens is 2. The third-order valence-electron chi connectivity index (χ3n) is 4.43. The molecule has 0 radical (unpaired) electrons. The van der Waals surface area contributed by atoms with Gasteiger partial charge in [0.2, 0.25) is 0 Å². The van der Waals surface area contributed by atoms with E-state index < -0.39 is 0 Å². The summed E-state index contributed by atoms with van der Waals surface area (Å²) < 4.78 is 13.4. The molecule has 0 N–H and O–H groups in total. The van der Waals surface area contributed by atoms with Gasteiger partial charge in [-0.15, -0.1) is 11.3 Å². The summed E-state index contributed by atoms with van der Waals surface area (Å²) in [4.78, 5) is 23.7. The van der Waals surface area contributed by atoms with Gasteiger partial charge in [0, 0.05) is 34.1 Å². The van der Waals surface area contributed by atoms with E-state index in [9.17, 15) is 9.18 Å². The van der Waals surface area contributed by atoms with Gasteiger partial charge in [0.05, 0.1) is 12.2 Å². The van der Waals surface area contributed by atoms with Gasteiger partial charge >= 0.3 is 0 Å². The monoisotopic (exact) mass is 403 g/mol. The molecular weight excluding hydrogens is 385 g/mol. The van der Waals surface area contributed by atoms with Gasteiger partial charge in [0.1, 0.15) is 10.8 Å². The molecule has 4 nitrogen and oxygen atoms in total. The molecule has 2 aromatic heterocycles. The number of thiazole rings is 1. The van der Waals surface area contributed by atoms with E-state index in [2.05, 4.69) is 9.97 Å². The number of carbonyl (C=O) groups is 1. The summed E-state index contributed by atoms with van der Waals surface area (Å²) in [6.45, 7) is 2.24. The smallest absolute Gasteiger partial charge is 0.258 e. The van der Waals surface area contributed by atoms with Crippen LogP contribution in [0.15, 0.2) is 78.3 Å². The van der Waals surface area contributed by atoms with E-state index in [4.69, 9.17) is 0 Å². The second-order valence-electron chi connectivity index (χ2n) is 6.56. The van der Waals surface area contributed by atoms with Crippen molar-refractivity contribution in [1.29, 1.82) is 0 Å². The maximum atomic E-state index is 13.4. The number of halogens is 1. The number of aryl methyl sites for hydroxylation is 1. The minimum Gasteiger partial charge on any atom is -0.302 e. The Labute approximate surface area is 172 Å². The zero-order valence-electron chi connectivity index (χ0n) is 15.7. The largest absolute Gasteiger partial charge is 0.302 e. The van der Waals surface area contributed by atoms with Gasteiger partial charge in [-0.05, 0) is 55.5 Å². The fourth-order valence-corrected chi connectivity index (χ4v) is 3.76. The number of hydrogen-bond acceptors (Lipinski definition) is 4. The summed E-state index contributed by atoms with van der Waals surface area (Å²) >= 11 is 1.57. The predicted molar refractivity (Wildman–Crippen MR) is 113 cm³/mol. The number of rotatable bonds is 5. The van der Waals surface area contributed by atoms with E-state index >= 15 is 0 Å². The molecule has 0 saturated carbocycles. The molecular formula is C23H18FN3OS. The van der Waals surface area contributed by atoms with Crippen LogP contribution in [0.3, 0.4) is 0 Å². The summed E-state index contributed by atoms with van der Waals surface area (Å²) in [5.74, 6) is -0.522. The molecule has 2 aromatic carbocycles. The second-order valence-corrected chi connectivity index (χ2v) is 7.42. The lowest BCUT2D eigenvalue weighted by atomic mass is 10.1. The van der Waals surface area contributed by atoms with Crippen LogP contribution < -0.4 is 4.90 Å². The highest BCUT2D eigenvalue weighted by Crippen LogP contribution is 2.25. The number of nitrogens with zero attached hydrogens (tertiary/aromatic N) is 3. The summed E-state index contributed by atoms with van der Waals surface area (Å²) in [5.41, 5.74) is 3.85. The Morgan fingerprint density at radius 2 is 1.79 bits per heavy atom. The Hall–Kier alpha value is -3.38. The molecule has 29 heavy (non-hydrogen) atoms. The van der Waals surface area contributed by atoms with Crippen LogP contribution in [0.2, 0.25) is 0 Å². The molecule has 0 aliphatic heterocycles. The molecule has 0 spiro atoms. The van der Waals surface area contributed by atoms with Crippen molar-refractivity contribution in [1.82, 2.24) is 9.97 Å². The fraction of sp³-hybridized carbons (Fsp3) is 0.0870. The quantitative estimate of drug-likeness (QED) is 0.442. The first-order chi connectivity index (χ1) is 14.1. The van der Waals surface area contributed by atoms with E-state index in [1.807, 2.05) is 42.6 Å². The van der Waals surface area contributed by atoms with Gasteiger partial charge in [-0.3, -0.25) is 9.78 Å². The van der Waals surface area contributed by atoms with Crippen LogP contribution in [0.25, 0.3) is 10.6 Å². The van der Waals surface area contributed by atoms with Crippen molar-refractivity contribution in [3.63, 3.8) is 0 Å². The number of benzene rings is 2. The van der Waals surface area contributed by atoms with Crippen molar-refractivity contribution in [2.24, 2.45) is 0 Å². The molecule has 2 heterocycles. The maximum absolute atomic E-state index is 13.4. The van der Waals surface area contributed by atoms with Crippen LogP contribution in [0, 0.1) is 12.7 Å². The average molecular weight is 403 g/mol. The van der Waals surface area contributed by atoms with Crippen molar-refractivity contribution in [3.8, 4) is 10.6 Å². The lowest BCUT2D eigenvalue weighted by Gasteiger charge is -2.23. The summed E-state index contributed by atoms with van der Waals surface area (Å²) in [6.07, 6.45) is 1.69. The van der Waals surface area contributed by atoms with Crippen molar-refractivity contribution >= 4 is 22.9 Å². The minimum absolute atomic E-state index is 0.177. The highest BCUT2D eigenvalue weighted by atomic mass is 32.1. The molecule has 0 atom stereocenters. The molecule has 0 saturated heterocycles. The van der Waals surface area contributed by atoms with Crippen LogP contribution in [-0.4, -0.2) is 15.9 Å². The second kappa shape index (κ2) is 8.32. The third-order valence-corrected chi connectivity index (χ3v) is 5.44. The Balaban J connectivity index is 1.64. The summed E-state index contributed by atoms with van der Waals surface area (Å²) in [6, 6.07) is 18.8. The fourth-order valence-electron chi connectivity index (χ4n) is 2.95. The lowest BCUT2D eigenvalue weighted by molar-refractivity contribution is 0.0985. The molecule has 4 aromatic rings. The highest BCUT2D eigenvalue weighted by molar-refractivity contribution is 7.13. The maximum Gasteiger partial charge on any atom is 0.258 e. The standard InChI is InChI=1S/C23H18FN3OS/c1-16-15-29-22(26-16)17-5-7-18(8-6-17)23(28)27(14-20-4-2-3-13-25-20)21-11-9-19(24)10-12-21/h2-13,15H,14H2,1H3. The molecule has 0 bridgehead atoms. The van der Waals surface area contributed by atoms with Crippen molar-refractivity contribution in [2.45, 2.75) is 13.5 Å². The molecule has 0 fully saturated rings. The summed E-state index contributed by atoms with van der Waals surface area (Å²) in [7, 11) is 0. The van der Waals surface area contributed by atoms with Gasteiger partial charge in [0.25, 0.3) is 5.91 Å². The van der Waals surface area contributed by atoms with Crippen LogP contribution in [0.4, 0.5) is 10.1 Å². The van der Waals surface area contributed by atoms with Gasteiger partial charge in [0.15, 0.2) is 0 Å². The zero-order valence-corrected chi connectivity index (χ0v) is 16.6. The molecule has 1 amide bonds. The SMILES string of the molecule is Cc1csc(-c2ccc(C(=O)N(Cc3ccccn3)c3ccc(F)cc3)cc2)n1. The number of carbonyl (C=O) groups excluding carboxylic acids is 1. The number of amides is 1. The first kappa shape index (κ1) is 19.0. The van der Waals surface area contributed by atoms with Crippen molar-refractivity contribution in [2.75, 3.05) is 4.90 Å². The van der Waals surface area contributed by atoms with Gasteiger partial charge in [-0.25, -0.2) is 9.37 Å².